The molecule has 1 rings (SSSR count). The SMILES string of the molecule is [C-]#[N+]C[C@H]1CN(C(C)(C)C)CCN1C(C)C. The van der Waals surface area contributed by atoms with Gasteiger partial charge in [0.15, 0.2) is 0 Å². The molecule has 0 bridgehead atoms. The molecule has 3 heteroatoms. The molecular formula is C13H25N3. The van der Waals surface area contributed by atoms with Crippen LogP contribution >= 0.6 is 0 Å². The van der Waals surface area contributed by atoms with Crippen LogP contribution in [0.3, 0.4) is 0 Å². The topological polar surface area (TPSA) is 10.8 Å². The molecule has 1 saturated heterocycles. The van der Waals surface area contributed by atoms with Gasteiger partial charge in [-0.2, -0.15) is 0 Å². The minimum absolute atomic E-state index is 0.226. The zero-order valence-electron chi connectivity index (χ0n) is 11.3. The first-order valence-electron chi connectivity index (χ1n) is 6.20. The van der Waals surface area contributed by atoms with E-state index in [1.54, 1.807) is 0 Å². The van der Waals surface area contributed by atoms with Crippen LogP contribution in [0.1, 0.15) is 34.6 Å². The Morgan fingerprint density at radius 1 is 1.31 bits per heavy atom. The van der Waals surface area contributed by atoms with Gasteiger partial charge >= 0.3 is 0 Å². The lowest BCUT2D eigenvalue weighted by Crippen LogP contribution is -2.60. The fourth-order valence-electron chi connectivity index (χ4n) is 2.43. The maximum Gasteiger partial charge on any atom is 0.231 e. The van der Waals surface area contributed by atoms with Crippen LogP contribution in [0.15, 0.2) is 0 Å². The molecule has 0 aromatic carbocycles. The van der Waals surface area contributed by atoms with Gasteiger partial charge in [0.05, 0.1) is 6.04 Å². The summed E-state index contributed by atoms with van der Waals surface area (Å²) in [6.07, 6.45) is 0. The van der Waals surface area contributed by atoms with E-state index in [0.29, 0.717) is 18.6 Å². The van der Waals surface area contributed by atoms with E-state index in [-0.39, 0.29) is 5.54 Å². The largest absolute Gasteiger partial charge is 0.315 e. The van der Waals surface area contributed by atoms with E-state index in [9.17, 15) is 0 Å². The molecule has 0 aliphatic carbocycles. The first-order valence-corrected chi connectivity index (χ1v) is 6.20. The molecule has 1 atom stereocenters. The van der Waals surface area contributed by atoms with Crippen molar-refractivity contribution in [3.63, 3.8) is 0 Å². The predicted octanol–water partition coefficient (Wildman–Crippen LogP) is 2.10. The molecule has 92 valence electrons. The van der Waals surface area contributed by atoms with Crippen molar-refractivity contribution in [1.82, 2.24) is 9.80 Å². The summed E-state index contributed by atoms with van der Waals surface area (Å²) in [6.45, 7) is 22.2. The maximum absolute atomic E-state index is 7.07. The van der Waals surface area contributed by atoms with E-state index >= 15 is 0 Å². The van der Waals surface area contributed by atoms with Gasteiger partial charge in [-0.1, -0.05) is 0 Å². The van der Waals surface area contributed by atoms with Crippen molar-refractivity contribution in [3.05, 3.63) is 11.4 Å². The van der Waals surface area contributed by atoms with Crippen LogP contribution < -0.4 is 0 Å². The van der Waals surface area contributed by atoms with Crippen molar-refractivity contribution < 1.29 is 0 Å². The lowest BCUT2D eigenvalue weighted by atomic mass is 10.0. The summed E-state index contributed by atoms with van der Waals surface area (Å²) in [4.78, 5) is 8.56. The molecule has 1 heterocycles. The lowest BCUT2D eigenvalue weighted by molar-refractivity contribution is 0.0127. The molecule has 0 unspecified atom stereocenters. The van der Waals surface area contributed by atoms with Crippen molar-refractivity contribution in [2.45, 2.75) is 52.2 Å². The third-order valence-electron chi connectivity index (χ3n) is 3.44. The highest BCUT2D eigenvalue weighted by atomic mass is 15.3. The second-order valence-electron chi connectivity index (χ2n) is 5.94. The quantitative estimate of drug-likeness (QED) is 0.664. The van der Waals surface area contributed by atoms with Crippen molar-refractivity contribution in [1.29, 1.82) is 0 Å². The second kappa shape index (κ2) is 5.16. The minimum Gasteiger partial charge on any atom is -0.315 e. The van der Waals surface area contributed by atoms with Gasteiger partial charge in [0.1, 0.15) is 0 Å². The van der Waals surface area contributed by atoms with Gasteiger partial charge in [-0.15, -0.1) is 0 Å². The fraction of sp³-hybridized carbons (Fsp3) is 0.923. The van der Waals surface area contributed by atoms with Crippen molar-refractivity contribution in [2.24, 2.45) is 0 Å². The molecule has 0 N–H and O–H groups in total. The zero-order valence-corrected chi connectivity index (χ0v) is 11.3. The van der Waals surface area contributed by atoms with Gasteiger partial charge in [-0.25, -0.2) is 6.57 Å². The molecule has 1 aliphatic heterocycles. The second-order valence-corrected chi connectivity index (χ2v) is 5.94. The average Bonchev–Trinajstić information content (AvgIpc) is 2.16. The summed E-state index contributed by atoms with van der Waals surface area (Å²) in [5.41, 5.74) is 0.226. The third-order valence-corrected chi connectivity index (χ3v) is 3.44. The molecule has 16 heavy (non-hydrogen) atoms. The molecule has 0 saturated carbocycles. The maximum atomic E-state index is 7.07. The summed E-state index contributed by atoms with van der Waals surface area (Å²) < 4.78 is 0. The Morgan fingerprint density at radius 3 is 2.38 bits per heavy atom. The Hall–Kier alpha value is -0.590. The van der Waals surface area contributed by atoms with Crippen molar-refractivity contribution in [3.8, 4) is 0 Å². The first kappa shape index (κ1) is 13.5. The van der Waals surface area contributed by atoms with Crippen LogP contribution in [-0.4, -0.2) is 53.6 Å². The number of hydrogen-bond donors (Lipinski definition) is 0. The summed E-state index contributed by atoms with van der Waals surface area (Å²) in [5.74, 6) is 0. The van der Waals surface area contributed by atoms with Gasteiger partial charge in [0, 0.05) is 31.2 Å². The van der Waals surface area contributed by atoms with E-state index in [0.717, 1.165) is 19.6 Å². The normalized spacial score (nSPS) is 24.7. The molecule has 0 amide bonds. The highest BCUT2D eigenvalue weighted by Crippen LogP contribution is 2.21. The first-order chi connectivity index (χ1) is 7.36. The summed E-state index contributed by atoms with van der Waals surface area (Å²) in [6, 6.07) is 0.958. The van der Waals surface area contributed by atoms with E-state index in [2.05, 4.69) is 49.3 Å². The van der Waals surface area contributed by atoms with Crippen molar-refractivity contribution in [2.75, 3.05) is 26.2 Å². The van der Waals surface area contributed by atoms with Crippen LogP contribution in [0, 0.1) is 6.57 Å². The smallest absolute Gasteiger partial charge is 0.231 e. The Balaban J connectivity index is 2.69. The Morgan fingerprint density at radius 2 is 1.94 bits per heavy atom. The monoisotopic (exact) mass is 223 g/mol. The van der Waals surface area contributed by atoms with Crippen LogP contribution in [0.25, 0.3) is 4.85 Å². The van der Waals surface area contributed by atoms with Gasteiger partial charge in [-0.05, 0) is 34.6 Å². The summed E-state index contributed by atoms with van der Waals surface area (Å²) >= 11 is 0. The van der Waals surface area contributed by atoms with Gasteiger partial charge < -0.3 is 4.85 Å². The van der Waals surface area contributed by atoms with Crippen molar-refractivity contribution >= 4 is 0 Å². The molecule has 0 spiro atoms. The van der Waals surface area contributed by atoms with Crippen LogP contribution in [0.4, 0.5) is 0 Å². The highest BCUT2D eigenvalue weighted by molar-refractivity contribution is 4.92. The number of hydrogen-bond acceptors (Lipinski definition) is 2. The van der Waals surface area contributed by atoms with Gasteiger partial charge in [-0.3, -0.25) is 9.80 Å². The van der Waals surface area contributed by atoms with Gasteiger partial charge in [0.2, 0.25) is 6.54 Å². The molecular weight excluding hydrogens is 198 g/mol. The van der Waals surface area contributed by atoms with Crippen LogP contribution in [-0.2, 0) is 0 Å². The molecule has 0 aromatic rings. The minimum atomic E-state index is 0.226. The van der Waals surface area contributed by atoms with E-state index in [1.807, 2.05) is 0 Å². The predicted molar refractivity (Wildman–Crippen MR) is 68.4 cm³/mol. The van der Waals surface area contributed by atoms with E-state index < -0.39 is 0 Å². The lowest BCUT2D eigenvalue weighted by Gasteiger charge is -2.46. The molecule has 0 aromatic heterocycles. The van der Waals surface area contributed by atoms with Crippen LogP contribution in [0.2, 0.25) is 0 Å². The van der Waals surface area contributed by atoms with Gasteiger partial charge in [0.25, 0.3) is 0 Å². The summed E-state index contributed by atoms with van der Waals surface area (Å²) in [5, 5.41) is 0. The fourth-order valence-corrected chi connectivity index (χ4v) is 2.43. The Labute approximate surface area is 100 Å². The highest BCUT2D eigenvalue weighted by Gasteiger charge is 2.34. The average molecular weight is 223 g/mol. The molecule has 0 radical (unpaired) electrons. The zero-order chi connectivity index (χ0) is 12.3. The Bertz CT molecular complexity index is 259. The van der Waals surface area contributed by atoms with E-state index in [1.165, 1.54) is 0 Å². The molecule has 1 aliphatic rings. The third kappa shape index (κ3) is 3.20. The number of piperazine rings is 1. The summed E-state index contributed by atoms with van der Waals surface area (Å²) in [7, 11) is 0. The number of nitrogens with zero attached hydrogens (tertiary/aromatic N) is 3. The Kier molecular flexibility index (Phi) is 4.35. The standard InChI is InChI=1S/C13H25N3/c1-11(2)16-8-7-15(13(3,4)5)10-12(16)9-14-6/h11-12H,7-10H2,1-5H3/t12-/m0/s1. The van der Waals surface area contributed by atoms with Crippen LogP contribution in [0.5, 0.6) is 0 Å². The van der Waals surface area contributed by atoms with E-state index in [4.69, 9.17) is 6.57 Å². The molecule has 3 nitrogen and oxygen atoms in total. The number of rotatable bonds is 2. The molecule has 1 fully saturated rings.